The molecular formula is C28H31N5O3. The normalized spacial score (nSPS) is 18.2. The van der Waals surface area contributed by atoms with Crippen molar-refractivity contribution in [1.82, 2.24) is 15.1 Å². The van der Waals surface area contributed by atoms with E-state index in [-0.39, 0.29) is 17.7 Å². The molecule has 8 nitrogen and oxygen atoms in total. The van der Waals surface area contributed by atoms with Gasteiger partial charge in [-0.2, -0.15) is 5.10 Å². The first-order valence-corrected chi connectivity index (χ1v) is 12.5. The predicted octanol–water partition coefficient (Wildman–Crippen LogP) is 3.97. The number of anilines is 2. The maximum absolute atomic E-state index is 12.8. The summed E-state index contributed by atoms with van der Waals surface area (Å²) in [5.41, 5.74) is 2.75. The SMILES string of the molecule is COc1ccc(C(=O)N2CCC(c3ccc(NC(=O)[C@H]4CCN(c5cccnn5)C4)cc3)CC2)cc1. The van der Waals surface area contributed by atoms with Crippen molar-refractivity contribution in [2.45, 2.75) is 25.2 Å². The van der Waals surface area contributed by atoms with Crippen LogP contribution in [-0.4, -0.2) is 60.2 Å². The minimum Gasteiger partial charge on any atom is -0.497 e. The van der Waals surface area contributed by atoms with E-state index in [2.05, 4.69) is 32.5 Å². The van der Waals surface area contributed by atoms with Crippen molar-refractivity contribution >= 4 is 23.3 Å². The average Bonchev–Trinajstić information content (AvgIpc) is 3.45. The van der Waals surface area contributed by atoms with Gasteiger partial charge in [-0.25, -0.2) is 0 Å². The number of nitrogens with zero attached hydrogens (tertiary/aromatic N) is 4. The third kappa shape index (κ3) is 5.32. The van der Waals surface area contributed by atoms with Gasteiger partial charge in [-0.3, -0.25) is 9.59 Å². The molecule has 2 amide bonds. The van der Waals surface area contributed by atoms with Gasteiger partial charge in [-0.1, -0.05) is 12.1 Å². The number of nitrogens with one attached hydrogen (secondary N) is 1. The van der Waals surface area contributed by atoms with Gasteiger partial charge in [0, 0.05) is 43.6 Å². The fourth-order valence-corrected chi connectivity index (χ4v) is 5.06. The van der Waals surface area contributed by atoms with Gasteiger partial charge in [0.1, 0.15) is 5.75 Å². The zero-order valence-corrected chi connectivity index (χ0v) is 20.5. The molecule has 0 spiro atoms. The molecule has 0 unspecified atom stereocenters. The molecule has 186 valence electrons. The molecule has 8 heteroatoms. The predicted molar refractivity (Wildman–Crippen MR) is 138 cm³/mol. The van der Waals surface area contributed by atoms with Crippen molar-refractivity contribution in [2.75, 3.05) is 43.5 Å². The summed E-state index contributed by atoms with van der Waals surface area (Å²) in [7, 11) is 1.62. The average molecular weight is 486 g/mol. The first-order valence-electron chi connectivity index (χ1n) is 12.5. The lowest BCUT2D eigenvalue weighted by Crippen LogP contribution is -2.37. The Kier molecular flexibility index (Phi) is 7.11. The number of methoxy groups -OCH3 is 1. The monoisotopic (exact) mass is 485 g/mol. The summed E-state index contributed by atoms with van der Waals surface area (Å²) in [6, 6.07) is 19.2. The van der Waals surface area contributed by atoms with Crippen LogP contribution in [0.1, 0.15) is 41.1 Å². The summed E-state index contributed by atoms with van der Waals surface area (Å²) in [5.74, 6) is 2.01. The molecule has 5 rings (SSSR count). The Balaban J connectivity index is 1.11. The van der Waals surface area contributed by atoms with Gasteiger partial charge in [0.25, 0.3) is 5.91 Å². The van der Waals surface area contributed by atoms with Gasteiger partial charge in [-0.05, 0) is 79.3 Å². The van der Waals surface area contributed by atoms with Crippen LogP contribution in [0.4, 0.5) is 11.5 Å². The van der Waals surface area contributed by atoms with Gasteiger partial charge in [0.15, 0.2) is 5.82 Å². The topological polar surface area (TPSA) is 87.7 Å². The van der Waals surface area contributed by atoms with E-state index in [0.717, 1.165) is 56.2 Å². The Labute approximate surface area is 211 Å². The molecule has 0 bridgehead atoms. The number of amides is 2. The summed E-state index contributed by atoms with van der Waals surface area (Å²) >= 11 is 0. The number of carbonyl (C=O) groups excluding carboxylic acids is 2. The molecule has 0 aliphatic carbocycles. The third-order valence-corrected chi connectivity index (χ3v) is 7.21. The highest BCUT2D eigenvalue weighted by Crippen LogP contribution is 2.30. The zero-order valence-electron chi connectivity index (χ0n) is 20.5. The summed E-state index contributed by atoms with van der Waals surface area (Å²) in [6.45, 7) is 2.92. The van der Waals surface area contributed by atoms with Crippen LogP contribution in [0, 0.1) is 5.92 Å². The Morgan fingerprint density at radius 3 is 2.36 bits per heavy atom. The number of aromatic nitrogens is 2. The van der Waals surface area contributed by atoms with Crippen molar-refractivity contribution in [3.8, 4) is 5.75 Å². The third-order valence-electron chi connectivity index (χ3n) is 7.21. The molecule has 3 aromatic rings. The number of piperidine rings is 1. The number of ether oxygens (including phenoxy) is 1. The second-order valence-electron chi connectivity index (χ2n) is 9.42. The lowest BCUT2D eigenvalue weighted by atomic mass is 9.89. The van der Waals surface area contributed by atoms with E-state index < -0.39 is 0 Å². The largest absolute Gasteiger partial charge is 0.497 e. The van der Waals surface area contributed by atoms with E-state index in [0.29, 0.717) is 18.0 Å². The van der Waals surface area contributed by atoms with Gasteiger partial charge in [-0.15, -0.1) is 5.10 Å². The first kappa shape index (κ1) is 23.8. The number of carbonyl (C=O) groups is 2. The van der Waals surface area contributed by atoms with E-state index in [9.17, 15) is 9.59 Å². The van der Waals surface area contributed by atoms with Crippen LogP contribution >= 0.6 is 0 Å². The van der Waals surface area contributed by atoms with Crippen molar-refractivity contribution in [3.63, 3.8) is 0 Å². The van der Waals surface area contributed by atoms with E-state index in [4.69, 9.17) is 4.74 Å². The quantitative estimate of drug-likeness (QED) is 0.569. The Morgan fingerprint density at radius 1 is 0.944 bits per heavy atom. The number of hydrogen-bond donors (Lipinski definition) is 1. The summed E-state index contributed by atoms with van der Waals surface area (Å²) < 4.78 is 5.18. The molecule has 2 aliphatic heterocycles. The molecule has 1 aromatic heterocycles. The molecule has 2 fully saturated rings. The van der Waals surface area contributed by atoms with Crippen LogP contribution < -0.4 is 15.0 Å². The number of likely N-dealkylation sites (tertiary alicyclic amines) is 1. The maximum Gasteiger partial charge on any atom is 0.253 e. The summed E-state index contributed by atoms with van der Waals surface area (Å²) in [6.07, 6.45) is 4.30. The Morgan fingerprint density at radius 2 is 1.69 bits per heavy atom. The van der Waals surface area contributed by atoms with Crippen molar-refractivity contribution in [1.29, 1.82) is 0 Å². The highest BCUT2D eigenvalue weighted by Gasteiger charge is 2.29. The Bertz CT molecular complexity index is 1180. The first-order chi connectivity index (χ1) is 17.6. The highest BCUT2D eigenvalue weighted by atomic mass is 16.5. The van der Waals surface area contributed by atoms with Crippen LogP contribution in [0.3, 0.4) is 0 Å². The summed E-state index contributed by atoms with van der Waals surface area (Å²) in [5, 5.41) is 11.1. The molecule has 0 radical (unpaired) electrons. The van der Waals surface area contributed by atoms with Gasteiger partial charge in [0.2, 0.25) is 5.91 Å². The smallest absolute Gasteiger partial charge is 0.253 e. The highest BCUT2D eigenvalue weighted by molar-refractivity contribution is 5.94. The summed E-state index contributed by atoms with van der Waals surface area (Å²) in [4.78, 5) is 29.7. The van der Waals surface area contributed by atoms with Crippen molar-refractivity contribution < 1.29 is 14.3 Å². The molecule has 3 heterocycles. The van der Waals surface area contributed by atoms with E-state index in [1.165, 1.54) is 5.56 Å². The standard InChI is InChI=1S/C28H31N5O3/c1-36-25-10-6-22(7-11-25)28(35)32-16-12-21(13-17-32)20-4-8-24(9-5-20)30-27(34)23-14-18-33(19-23)26-3-2-15-29-31-26/h2-11,15,21,23H,12-14,16-19H2,1H3,(H,30,34)/t23-/m0/s1. The van der Waals surface area contributed by atoms with Crippen LogP contribution in [0.2, 0.25) is 0 Å². The zero-order chi connectivity index (χ0) is 24.9. The van der Waals surface area contributed by atoms with Crippen LogP contribution in [-0.2, 0) is 4.79 Å². The van der Waals surface area contributed by atoms with Gasteiger partial charge >= 0.3 is 0 Å². The molecule has 2 aromatic carbocycles. The molecular weight excluding hydrogens is 454 g/mol. The van der Waals surface area contributed by atoms with E-state index in [1.807, 2.05) is 53.4 Å². The van der Waals surface area contributed by atoms with Gasteiger partial charge < -0.3 is 19.9 Å². The second kappa shape index (κ2) is 10.8. The van der Waals surface area contributed by atoms with E-state index >= 15 is 0 Å². The fraction of sp³-hybridized carbons (Fsp3) is 0.357. The number of benzene rings is 2. The fourth-order valence-electron chi connectivity index (χ4n) is 5.06. The molecule has 1 N–H and O–H groups in total. The van der Waals surface area contributed by atoms with Crippen molar-refractivity contribution in [2.24, 2.45) is 5.92 Å². The molecule has 1 atom stereocenters. The lowest BCUT2D eigenvalue weighted by molar-refractivity contribution is -0.119. The van der Waals surface area contributed by atoms with Crippen LogP contribution in [0.25, 0.3) is 0 Å². The minimum absolute atomic E-state index is 0.0412. The molecule has 2 aliphatic rings. The Hall–Kier alpha value is -3.94. The molecule has 0 saturated carbocycles. The number of rotatable bonds is 6. The van der Waals surface area contributed by atoms with E-state index in [1.54, 1.807) is 13.3 Å². The minimum atomic E-state index is -0.0701. The van der Waals surface area contributed by atoms with Gasteiger partial charge in [0.05, 0.1) is 13.0 Å². The van der Waals surface area contributed by atoms with Crippen LogP contribution in [0.15, 0.2) is 66.9 Å². The van der Waals surface area contributed by atoms with Crippen LogP contribution in [0.5, 0.6) is 5.75 Å². The second-order valence-corrected chi connectivity index (χ2v) is 9.42. The lowest BCUT2D eigenvalue weighted by Gasteiger charge is -2.32. The maximum atomic E-state index is 12.8. The molecule has 36 heavy (non-hydrogen) atoms. The molecule has 2 saturated heterocycles. The van der Waals surface area contributed by atoms with Crippen molar-refractivity contribution in [3.05, 3.63) is 78.0 Å². The number of hydrogen-bond acceptors (Lipinski definition) is 6.